The van der Waals surface area contributed by atoms with Crippen LogP contribution in [0.2, 0.25) is 0 Å². The Morgan fingerprint density at radius 1 is 1.18 bits per heavy atom. The molecule has 8 nitrogen and oxygen atoms in total. The number of aromatic nitrogens is 3. The standard InChI is InChI=1S/C20H25N5O3/c1-13-4-7-18(25-22-8-9-23-25)17(10-13)20(28)24-12-16(6-5-14(24)2)19(27)21-11-15(3)26/h4,7-10,14,16H,5-6,11-12H2,1-3H3,(H,21,27)/t14-,16-/m1/s1. The molecule has 0 radical (unpaired) electrons. The van der Waals surface area contributed by atoms with Gasteiger partial charge in [-0.25, -0.2) is 0 Å². The van der Waals surface area contributed by atoms with E-state index in [0.29, 0.717) is 24.2 Å². The topological polar surface area (TPSA) is 97.2 Å². The summed E-state index contributed by atoms with van der Waals surface area (Å²) in [6.07, 6.45) is 4.54. The fraction of sp³-hybridized carbons (Fsp3) is 0.450. The van der Waals surface area contributed by atoms with Gasteiger partial charge in [-0.1, -0.05) is 11.6 Å². The first-order valence-corrected chi connectivity index (χ1v) is 9.42. The minimum atomic E-state index is -0.324. The second-order valence-electron chi connectivity index (χ2n) is 7.34. The summed E-state index contributed by atoms with van der Waals surface area (Å²) in [6, 6.07) is 5.58. The van der Waals surface area contributed by atoms with Crippen LogP contribution in [-0.4, -0.2) is 56.6 Å². The Hall–Kier alpha value is -3.03. The molecule has 1 N–H and O–H groups in total. The van der Waals surface area contributed by atoms with Crippen LogP contribution in [0.4, 0.5) is 0 Å². The molecule has 8 heteroatoms. The highest BCUT2D eigenvalue weighted by Crippen LogP contribution is 2.26. The number of benzene rings is 1. The Kier molecular flexibility index (Phi) is 5.87. The first kappa shape index (κ1) is 19.7. The quantitative estimate of drug-likeness (QED) is 0.844. The van der Waals surface area contributed by atoms with E-state index in [4.69, 9.17) is 0 Å². The van der Waals surface area contributed by atoms with Gasteiger partial charge >= 0.3 is 0 Å². The number of hydrogen-bond donors (Lipinski definition) is 1. The van der Waals surface area contributed by atoms with Crippen molar-refractivity contribution in [3.63, 3.8) is 0 Å². The zero-order valence-electron chi connectivity index (χ0n) is 16.4. The lowest BCUT2D eigenvalue weighted by Gasteiger charge is -2.37. The third-order valence-electron chi connectivity index (χ3n) is 5.04. The van der Waals surface area contributed by atoms with E-state index in [0.717, 1.165) is 12.0 Å². The Morgan fingerprint density at radius 3 is 2.57 bits per heavy atom. The van der Waals surface area contributed by atoms with Gasteiger partial charge in [-0.15, -0.1) is 0 Å². The molecule has 2 atom stereocenters. The van der Waals surface area contributed by atoms with Crippen LogP contribution in [0.25, 0.3) is 5.69 Å². The number of piperidine rings is 1. The molecule has 1 aliphatic rings. The fourth-order valence-corrected chi connectivity index (χ4v) is 3.45. The van der Waals surface area contributed by atoms with Crippen LogP contribution in [0.5, 0.6) is 0 Å². The maximum atomic E-state index is 13.4. The Morgan fingerprint density at radius 2 is 1.89 bits per heavy atom. The van der Waals surface area contributed by atoms with Gasteiger partial charge in [-0.3, -0.25) is 14.4 Å². The summed E-state index contributed by atoms with van der Waals surface area (Å²) in [6.45, 7) is 5.69. The highest BCUT2D eigenvalue weighted by molar-refractivity contribution is 5.98. The number of likely N-dealkylation sites (tertiary alicyclic amines) is 1. The number of carbonyl (C=O) groups excluding carboxylic acids is 3. The number of carbonyl (C=O) groups is 3. The molecule has 148 valence electrons. The molecule has 3 rings (SSSR count). The van der Waals surface area contributed by atoms with Crippen molar-refractivity contribution in [2.45, 2.75) is 39.7 Å². The summed E-state index contributed by atoms with van der Waals surface area (Å²) in [5.74, 6) is -0.747. The van der Waals surface area contributed by atoms with Crippen molar-refractivity contribution < 1.29 is 14.4 Å². The van der Waals surface area contributed by atoms with Crippen LogP contribution < -0.4 is 5.32 Å². The smallest absolute Gasteiger partial charge is 0.256 e. The molecule has 1 aromatic carbocycles. The van der Waals surface area contributed by atoms with Crippen molar-refractivity contribution in [2.24, 2.45) is 5.92 Å². The fourth-order valence-electron chi connectivity index (χ4n) is 3.45. The second-order valence-corrected chi connectivity index (χ2v) is 7.34. The number of amides is 2. The number of Topliss-reactive ketones (excluding diaryl/α,β-unsaturated/α-hetero) is 1. The largest absolute Gasteiger partial charge is 0.349 e. The minimum absolute atomic E-state index is 0.0169. The summed E-state index contributed by atoms with van der Waals surface area (Å²) in [5.41, 5.74) is 2.07. The van der Waals surface area contributed by atoms with Gasteiger partial charge in [0, 0.05) is 12.6 Å². The van der Waals surface area contributed by atoms with Gasteiger partial charge in [0.1, 0.15) is 5.78 Å². The molecule has 2 aromatic rings. The zero-order valence-corrected chi connectivity index (χ0v) is 16.4. The lowest BCUT2D eigenvalue weighted by atomic mass is 9.91. The predicted molar refractivity (Wildman–Crippen MR) is 103 cm³/mol. The molecule has 2 heterocycles. The Bertz CT molecular complexity index is 878. The van der Waals surface area contributed by atoms with Gasteiger partial charge in [-0.2, -0.15) is 15.0 Å². The van der Waals surface area contributed by atoms with Crippen LogP contribution in [0.15, 0.2) is 30.6 Å². The van der Waals surface area contributed by atoms with Gasteiger partial charge in [-0.05, 0) is 45.7 Å². The average molecular weight is 383 g/mol. The number of nitrogens with one attached hydrogen (secondary N) is 1. The third-order valence-corrected chi connectivity index (χ3v) is 5.04. The molecule has 2 amide bonds. The molecule has 28 heavy (non-hydrogen) atoms. The molecule has 0 saturated carbocycles. The summed E-state index contributed by atoms with van der Waals surface area (Å²) in [5, 5.41) is 11.0. The van der Waals surface area contributed by atoms with E-state index in [1.165, 1.54) is 11.7 Å². The molecule has 1 aliphatic heterocycles. The van der Waals surface area contributed by atoms with E-state index >= 15 is 0 Å². The maximum absolute atomic E-state index is 13.4. The number of ketones is 1. The van der Waals surface area contributed by atoms with Gasteiger partial charge in [0.25, 0.3) is 5.91 Å². The van der Waals surface area contributed by atoms with Gasteiger partial charge in [0.15, 0.2) is 0 Å². The van der Waals surface area contributed by atoms with E-state index in [9.17, 15) is 14.4 Å². The summed E-state index contributed by atoms with van der Waals surface area (Å²) >= 11 is 0. The molecule has 0 aliphatic carbocycles. The highest BCUT2D eigenvalue weighted by atomic mass is 16.2. The first-order chi connectivity index (χ1) is 13.4. The normalized spacial score (nSPS) is 19.3. The van der Waals surface area contributed by atoms with E-state index in [1.54, 1.807) is 17.3 Å². The number of hydrogen-bond acceptors (Lipinski definition) is 5. The lowest BCUT2D eigenvalue weighted by Crippen LogP contribution is -2.50. The van der Waals surface area contributed by atoms with Crippen molar-refractivity contribution in [1.82, 2.24) is 25.2 Å². The van der Waals surface area contributed by atoms with Crippen LogP contribution in [-0.2, 0) is 9.59 Å². The first-order valence-electron chi connectivity index (χ1n) is 9.42. The van der Waals surface area contributed by atoms with Gasteiger partial charge < -0.3 is 10.2 Å². The average Bonchev–Trinajstić information content (AvgIpc) is 3.20. The minimum Gasteiger partial charge on any atom is -0.349 e. The zero-order chi connectivity index (χ0) is 20.3. The molecule has 1 saturated heterocycles. The Labute approximate surface area is 163 Å². The summed E-state index contributed by atoms with van der Waals surface area (Å²) < 4.78 is 0. The highest BCUT2D eigenvalue weighted by Gasteiger charge is 2.34. The summed E-state index contributed by atoms with van der Waals surface area (Å²) in [4.78, 5) is 40.1. The molecule has 0 unspecified atom stereocenters. The molecule has 1 fully saturated rings. The summed E-state index contributed by atoms with van der Waals surface area (Å²) in [7, 11) is 0. The number of nitrogens with zero attached hydrogens (tertiary/aromatic N) is 4. The van der Waals surface area contributed by atoms with Gasteiger partial charge in [0.2, 0.25) is 5.91 Å². The molecule has 0 bridgehead atoms. The molecular weight excluding hydrogens is 358 g/mol. The predicted octanol–water partition coefficient (Wildman–Crippen LogP) is 1.52. The lowest BCUT2D eigenvalue weighted by molar-refractivity contribution is -0.128. The van der Waals surface area contributed by atoms with E-state index in [-0.39, 0.29) is 36.1 Å². The van der Waals surface area contributed by atoms with Crippen molar-refractivity contribution in [3.8, 4) is 5.69 Å². The number of rotatable bonds is 5. The van der Waals surface area contributed by atoms with Crippen LogP contribution in [0.3, 0.4) is 0 Å². The number of aryl methyl sites for hydroxylation is 1. The second kappa shape index (κ2) is 8.33. The van der Waals surface area contributed by atoms with Crippen LogP contribution in [0, 0.1) is 12.8 Å². The third kappa shape index (κ3) is 4.27. The van der Waals surface area contributed by atoms with Crippen molar-refractivity contribution in [1.29, 1.82) is 0 Å². The van der Waals surface area contributed by atoms with Crippen LogP contribution in [0.1, 0.15) is 42.6 Å². The van der Waals surface area contributed by atoms with Crippen LogP contribution >= 0.6 is 0 Å². The monoisotopic (exact) mass is 383 g/mol. The van der Waals surface area contributed by atoms with Gasteiger partial charge in [0.05, 0.1) is 36.1 Å². The van der Waals surface area contributed by atoms with Crippen molar-refractivity contribution in [3.05, 3.63) is 41.7 Å². The van der Waals surface area contributed by atoms with E-state index in [2.05, 4.69) is 15.5 Å². The van der Waals surface area contributed by atoms with Crippen molar-refractivity contribution in [2.75, 3.05) is 13.1 Å². The van der Waals surface area contributed by atoms with E-state index in [1.807, 2.05) is 32.0 Å². The molecular formula is C20H25N5O3. The Balaban J connectivity index is 1.84. The van der Waals surface area contributed by atoms with Crippen molar-refractivity contribution >= 4 is 17.6 Å². The molecule has 0 spiro atoms. The maximum Gasteiger partial charge on any atom is 0.256 e. The SMILES string of the molecule is CC(=O)CNC(=O)[C@@H]1CC[C@@H](C)N(C(=O)c2cc(C)ccc2-n2nccn2)C1. The molecule has 1 aromatic heterocycles. The van der Waals surface area contributed by atoms with E-state index < -0.39 is 0 Å².